The molecule has 0 radical (unpaired) electrons. The number of aromatic nitrogens is 1. The molecule has 28 heavy (non-hydrogen) atoms. The first-order chi connectivity index (χ1) is 13.4. The lowest BCUT2D eigenvalue weighted by atomic mass is 10.3. The molecular weight excluding hydrogens is 378 g/mol. The van der Waals surface area contributed by atoms with E-state index in [1.54, 1.807) is 67.8 Å². The second-order valence-electron chi connectivity index (χ2n) is 5.93. The molecule has 3 rings (SSSR count). The van der Waals surface area contributed by atoms with E-state index in [1.807, 2.05) is 0 Å². The molecule has 0 aliphatic heterocycles. The summed E-state index contributed by atoms with van der Waals surface area (Å²) in [7, 11) is -3.71. The third-order valence-electron chi connectivity index (χ3n) is 3.77. The maximum absolute atomic E-state index is 12.4. The van der Waals surface area contributed by atoms with E-state index in [0.717, 1.165) is 0 Å². The predicted molar refractivity (Wildman–Crippen MR) is 107 cm³/mol. The molecule has 0 aliphatic rings. The van der Waals surface area contributed by atoms with Gasteiger partial charge in [0.1, 0.15) is 5.75 Å². The van der Waals surface area contributed by atoms with Crippen molar-refractivity contribution >= 4 is 27.3 Å². The van der Waals surface area contributed by atoms with E-state index in [0.29, 0.717) is 17.1 Å². The molecular formula is C20H19N3O4S. The summed E-state index contributed by atoms with van der Waals surface area (Å²) in [5.74, 6) is 0.0344. The Bertz CT molecular complexity index is 1040. The Balaban J connectivity index is 1.67. The van der Waals surface area contributed by atoms with Crippen LogP contribution in [0.2, 0.25) is 0 Å². The average molecular weight is 397 g/mol. The van der Waals surface area contributed by atoms with Crippen molar-refractivity contribution in [3.05, 3.63) is 79.1 Å². The van der Waals surface area contributed by atoms with E-state index in [-0.39, 0.29) is 10.8 Å². The van der Waals surface area contributed by atoms with Crippen LogP contribution in [-0.4, -0.2) is 25.4 Å². The molecule has 0 spiro atoms. The van der Waals surface area contributed by atoms with Gasteiger partial charge in [0.2, 0.25) is 0 Å². The van der Waals surface area contributed by atoms with Gasteiger partial charge in [-0.05, 0) is 43.3 Å². The fourth-order valence-corrected chi connectivity index (χ4v) is 3.45. The second kappa shape index (κ2) is 8.53. The van der Waals surface area contributed by atoms with Crippen molar-refractivity contribution in [2.24, 2.45) is 0 Å². The number of sulfonamides is 1. The van der Waals surface area contributed by atoms with E-state index in [1.165, 1.54) is 18.2 Å². The molecule has 144 valence electrons. The van der Waals surface area contributed by atoms with Gasteiger partial charge in [0.25, 0.3) is 15.9 Å². The summed E-state index contributed by atoms with van der Waals surface area (Å²) in [5.41, 5.74) is 0.947. The lowest BCUT2D eigenvalue weighted by molar-refractivity contribution is -0.122. The highest BCUT2D eigenvalue weighted by Crippen LogP contribution is 2.22. The monoisotopic (exact) mass is 397 g/mol. The topological polar surface area (TPSA) is 97.4 Å². The van der Waals surface area contributed by atoms with Crippen molar-refractivity contribution in [2.45, 2.75) is 17.9 Å². The van der Waals surface area contributed by atoms with Gasteiger partial charge in [-0.2, -0.15) is 0 Å². The molecule has 0 saturated carbocycles. The molecule has 1 unspecified atom stereocenters. The number of hydrogen-bond acceptors (Lipinski definition) is 5. The molecule has 1 atom stereocenters. The number of anilines is 2. The van der Waals surface area contributed by atoms with Crippen molar-refractivity contribution in [3.63, 3.8) is 0 Å². The molecule has 2 aromatic carbocycles. The summed E-state index contributed by atoms with van der Waals surface area (Å²) in [4.78, 5) is 16.3. The van der Waals surface area contributed by atoms with Gasteiger partial charge >= 0.3 is 0 Å². The molecule has 0 fully saturated rings. The Hall–Kier alpha value is -3.39. The molecule has 0 saturated heterocycles. The fourth-order valence-electron chi connectivity index (χ4n) is 2.38. The Labute approximate surface area is 163 Å². The number of benzene rings is 2. The van der Waals surface area contributed by atoms with Crippen LogP contribution in [0.5, 0.6) is 5.75 Å². The van der Waals surface area contributed by atoms with E-state index in [2.05, 4.69) is 15.0 Å². The molecule has 3 aromatic rings. The summed E-state index contributed by atoms with van der Waals surface area (Å²) in [5, 5.41) is 2.72. The van der Waals surface area contributed by atoms with Crippen molar-refractivity contribution < 1.29 is 17.9 Å². The van der Waals surface area contributed by atoms with Crippen molar-refractivity contribution in [2.75, 3.05) is 10.0 Å². The van der Waals surface area contributed by atoms with E-state index in [9.17, 15) is 13.2 Å². The third-order valence-corrected chi connectivity index (χ3v) is 5.17. The normalized spacial score (nSPS) is 12.0. The van der Waals surface area contributed by atoms with Crippen LogP contribution in [0.3, 0.4) is 0 Å². The molecule has 7 nitrogen and oxygen atoms in total. The number of rotatable bonds is 7. The van der Waals surface area contributed by atoms with Gasteiger partial charge in [-0.3, -0.25) is 14.5 Å². The number of pyridine rings is 1. The molecule has 0 aliphatic carbocycles. The standard InChI is InChI=1S/C20H19N3O4S/c1-15(20(24)22-16-10-12-21-13-11-16)27-18-7-5-6-17(14-18)23-28(25,26)19-8-3-2-4-9-19/h2-15,23H,1H3,(H,21,22,24). The van der Waals surface area contributed by atoms with Crippen LogP contribution < -0.4 is 14.8 Å². The smallest absolute Gasteiger partial charge is 0.265 e. The molecule has 1 heterocycles. The van der Waals surface area contributed by atoms with Crippen LogP contribution in [0, 0.1) is 0 Å². The summed E-state index contributed by atoms with van der Waals surface area (Å²) >= 11 is 0. The minimum Gasteiger partial charge on any atom is -0.481 e. The molecule has 1 aromatic heterocycles. The number of nitrogens with zero attached hydrogens (tertiary/aromatic N) is 1. The largest absolute Gasteiger partial charge is 0.481 e. The minimum absolute atomic E-state index is 0.159. The Morgan fingerprint density at radius 1 is 0.964 bits per heavy atom. The summed E-state index contributed by atoms with van der Waals surface area (Å²) in [6.07, 6.45) is 2.36. The summed E-state index contributed by atoms with van der Waals surface area (Å²) < 4.78 is 33.0. The quantitative estimate of drug-likeness (QED) is 0.638. The first kappa shape index (κ1) is 19.4. The van der Waals surface area contributed by atoms with Gasteiger partial charge in [0, 0.05) is 24.1 Å². The van der Waals surface area contributed by atoms with E-state index in [4.69, 9.17) is 4.74 Å². The molecule has 1 amide bonds. The number of amides is 1. The number of ether oxygens (including phenoxy) is 1. The fraction of sp³-hybridized carbons (Fsp3) is 0.100. The third kappa shape index (κ3) is 5.08. The Morgan fingerprint density at radius 3 is 2.39 bits per heavy atom. The zero-order valence-corrected chi connectivity index (χ0v) is 15.9. The van der Waals surface area contributed by atoms with Crippen molar-refractivity contribution in [1.29, 1.82) is 0 Å². The lowest BCUT2D eigenvalue weighted by Crippen LogP contribution is -2.30. The van der Waals surface area contributed by atoms with Crippen LogP contribution in [-0.2, 0) is 14.8 Å². The highest BCUT2D eigenvalue weighted by molar-refractivity contribution is 7.92. The van der Waals surface area contributed by atoms with Crippen LogP contribution >= 0.6 is 0 Å². The first-order valence-corrected chi connectivity index (χ1v) is 9.98. The van der Waals surface area contributed by atoms with Gasteiger partial charge in [-0.25, -0.2) is 8.42 Å². The van der Waals surface area contributed by atoms with Crippen LogP contribution in [0.25, 0.3) is 0 Å². The SMILES string of the molecule is CC(Oc1cccc(NS(=O)(=O)c2ccccc2)c1)C(=O)Nc1ccncc1. The molecule has 2 N–H and O–H groups in total. The van der Waals surface area contributed by atoms with Gasteiger partial charge in [0.05, 0.1) is 10.6 Å². The van der Waals surface area contributed by atoms with Crippen molar-refractivity contribution in [3.8, 4) is 5.75 Å². The first-order valence-electron chi connectivity index (χ1n) is 8.49. The van der Waals surface area contributed by atoms with Crippen LogP contribution in [0.4, 0.5) is 11.4 Å². The van der Waals surface area contributed by atoms with Crippen molar-refractivity contribution in [1.82, 2.24) is 4.98 Å². The average Bonchev–Trinajstić information content (AvgIpc) is 2.69. The highest BCUT2D eigenvalue weighted by Gasteiger charge is 2.17. The van der Waals surface area contributed by atoms with Gasteiger partial charge in [-0.15, -0.1) is 0 Å². The second-order valence-corrected chi connectivity index (χ2v) is 7.61. The highest BCUT2D eigenvalue weighted by atomic mass is 32.2. The van der Waals surface area contributed by atoms with E-state index < -0.39 is 16.1 Å². The van der Waals surface area contributed by atoms with Crippen LogP contribution in [0.15, 0.2) is 84.0 Å². The number of nitrogens with one attached hydrogen (secondary N) is 2. The zero-order chi connectivity index (χ0) is 20.0. The number of carbonyl (C=O) groups is 1. The number of carbonyl (C=O) groups excluding carboxylic acids is 1. The van der Waals surface area contributed by atoms with E-state index >= 15 is 0 Å². The zero-order valence-electron chi connectivity index (χ0n) is 15.1. The van der Waals surface area contributed by atoms with Crippen LogP contribution in [0.1, 0.15) is 6.92 Å². The number of hydrogen-bond donors (Lipinski definition) is 2. The lowest BCUT2D eigenvalue weighted by Gasteiger charge is -2.16. The maximum atomic E-state index is 12.4. The predicted octanol–water partition coefficient (Wildman–Crippen LogP) is 3.29. The minimum atomic E-state index is -3.71. The maximum Gasteiger partial charge on any atom is 0.265 e. The summed E-state index contributed by atoms with van der Waals surface area (Å²) in [6, 6.07) is 17.8. The van der Waals surface area contributed by atoms with Gasteiger partial charge in [-0.1, -0.05) is 24.3 Å². The van der Waals surface area contributed by atoms with Gasteiger partial charge < -0.3 is 10.1 Å². The summed E-state index contributed by atoms with van der Waals surface area (Å²) in [6.45, 7) is 1.61. The Kier molecular flexibility index (Phi) is 5.90. The Morgan fingerprint density at radius 2 is 1.68 bits per heavy atom. The van der Waals surface area contributed by atoms with Gasteiger partial charge in [0.15, 0.2) is 6.10 Å². The molecule has 8 heteroatoms. The molecule has 0 bridgehead atoms.